The number of halogens is 3. The Balaban J connectivity index is 2.17. The first-order valence-electron chi connectivity index (χ1n) is 7.16. The van der Waals surface area contributed by atoms with Crippen molar-refractivity contribution in [2.24, 2.45) is 0 Å². The van der Waals surface area contributed by atoms with Gasteiger partial charge < -0.3 is 5.11 Å². The quantitative estimate of drug-likeness (QED) is 0.776. The Kier molecular flexibility index (Phi) is 3.88. The lowest BCUT2D eigenvalue weighted by atomic mass is 10.1. The molecule has 24 heavy (non-hydrogen) atoms. The average molecular weight is 334 g/mol. The van der Waals surface area contributed by atoms with E-state index in [0.717, 1.165) is 16.7 Å². The lowest BCUT2D eigenvalue weighted by molar-refractivity contribution is -0.137. The van der Waals surface area contributed by atoms with E-state index in [9.17, 15) is 23.1 Å². The number of imidazole rings is 1. The summed E-state index contributed by atoms with van der Waals surface area (Å²) < 4.78 is 39.7. The number of aromatic nitrogens is 2. The molecule has 1 aromatic heterocycles. The van der Waals surface area contributed by atoms with Gasteiger partial charge in [0.05, 0.1) is 16.6 Å². The minimum Gasteiger partial charge on any atom is -0.385 e. The molecule has 3 rings (SSSR count). The molecule has 0 bridgehead atoms. The van der Waals surface area contributed by atoms with Gasteiger partial charge in [-0.25, -0.2) is 4.98 Å². The summed E-state index contributed by atoms with van der Waals surface area (Å²) in [6, 6.07) is 10.9. The van der Waals surface area contributed by atoms with Gasteiger partial charge in [-0.1, -0.05) is 18.2 Å². The normalized spacial score (nSPS) is 13.2. The molecule has 0 amide bonds. The molecule has 0 spiro atoms. The van der Waals surface area contributed by atoms with Crippen molar-refractivity contribution >= 4 is 16.9 Å². The second-order valence-corrected chi connectivity index (χ2v) is 5.35. The standard InChI is InChI=1S/C17H13F3N2O2/c1-10(23)15-21-13-7-2-3-8-14(13)22(15)16(24)11-5-4-6-12(9-11)17(18,19)20/h2-10,23H,1H3. The van der Waals surface area contributed by atoms with Gasteiger partial charge in [-0.2, -0.15) is 13.2 Å². The Morgan fingerprint density at radius 1 is 1.17 bits per heavy atom. The largest absolute Gasteiger partial charge is 0.416 e. The van der Waals surface area contributed by atoms with Crippen molar-refractivity contribution in [1.29, 1.82) is 0 Å². The molecule has 1 N–H and O–H groups in total. The summed E-state index contributed by atoms with van der Waals surface area (Å²) >= 11 is 0. The highest BCUT2D eigenvalue weighted by molar-refractivity contribution is 6.01. The van der Waals surface area contributed by atoms with Crippen LogP contribution >= 0.6 is 0 Å². The van der Waals surface area contributed by atoms with Gasteiger partial charge in [0.25, 0.3) is 5.91 Å². The van der Waals surface area contributed by atoms with Crippen LogP contribution in [-0.4, -0.2) is 20.6 Å². The zero-order valence-corrected chi connectivity index (χ0v) is 12.6. The van der Waals surface area contributed by atoms with Gasteiger partial charge in [0.1, 0.15) is 11.9 Å². The molecule has 0 aliphatic rings. The van der Waals surface area contributed by atoms with Gasteiger partial charge in [0, 0.05) is 5.56 Å². The molecule has 1 heterocycles. The van der Waals surface area contributed by atoms with Crippen molar-refractivity contribution in [3.8, 4) is 0 Å². The maximum absolute atomic E-state index is 12.9. The van der Waals surface area contributed by atoms with Crippen LogP contribution in [0.1, 0.15) is 34.8 Å². The summed E-state index contributed by atoms with van der Waals surface area (Å²) in [5.41, 5.74) is -0.129. The number of para-hydroxylation sites is 2. The molecular weight excluding hydrogens is 321 g/mol. The average Bonchev–Trinajstić information content (AvgIpc) is 2.93. The Morgan fingerprint density at radius 2 is 1.88 bits per heavy atom. The highest BCUT2D eigenvalue weighted by atomic mass is 19.4. The fourth-order valence-electron chi connectivity index (χ4n) is 2.50. The van der Waals surface area contributed by atoms with Gasteiger partial charge in [-0.3, -0.25) is 9.36 Å². The van der Waals surface area contributed by atoms with E-state index in [2.05, 4.69) is 4.98 Å². The number of hydrogen-bond acceptors (Lipinski definition) is 3. The minimum atomic E-state index is -4.54. The molecule has 0 fully saturated rings. The first-order chi connectivity index (χ1) is 11.3. The predicted molar refractivity (Wildman–Crippen MR) is 81.5 cm³/mol. The van der Waals surface area contributed by atoms with Gasteiger partial charge in [-0.05, 0) is 37.3 Å². The third kappa shape index (κ3) is 2.78. The molecule has 0 aliphatic heterocycles. The molecule has 0 saturated carbocycles. The molecule has 1 atom stereocenters. The Bertz CT molecular complexity index is 914. The van der Waals surface area contributed by atoms with Crippen LogP contribution in [0.4, 0.5) is 13.2 Å². The summed E-state index contributed by atoms with van der Waals surface area (Å²) in [4.78, 5) is 17.0. The zero-order valence-electron chi connectivity index (χ0n) is 12.6. The second-order valence-electron chi connectivity index (χ2n) is 5.35. The van der Waals surface area contributed by atoms with E-state index in [0.29, 0.717) is 11.0 Å². The zero-order chi connectivity index (χ0) is 17.5. The van der Waals surface area contributed by atoms with Crippen LogP contribution in [0, 0.1) is 0 Å². The fourth-order valence-corrected chi connectivity index (χ4v) is 2.50. The summed E-state index contributed by atoms with van der Waals surface area (Å²) in [6.45, 7) is 1.44. The van der Waals surface area contributed by atoms with Crippen LogP contribution < -0.4 is 0 Å². The number of benzene rings is 2. The predicted octanol–water partition coefficient (Wildman–Crippen LogP) is 3.80. The second kappa shape index (κ2) is 5.76. The Hall–Kier alpha value is -2.67. The summed E-state index contributed by atoms with van der Waals surface area (Å²) in [5, 5.41) is 9.87. The van der Waals surface area contributed by atoms with E-state index >= 15 is 0 Å². The van der Waals surface area contributed by atoms with Crippen LogP contribution in [0.2, 0.25) is 0 Å². The third-order valence-corrected chi connectivity index (χ3v) is 3.60. The van der Waals surface area contributed by atoms with E-state index in [1.54, 1.807) is 24.3 Å². The first kappa shape index (κ1) is 16.2. The molecule has 4 nitrogen and oxygen atoms in total. The van der Waals surface area contributed by atoms with Gasteiger partial charge >= 0.3 is 6.18 Å². The number of aliphatic hydroxyl groups excluding tert-OH is 1. The van der Waals surface area contributed by atoms with Crippen molar-refractivity contribution in [2.75, 3.05) is 0 Å². The topological polar surface area (TPSA) is 55.1 Å². The monoisotopic (exact) mass is 334 g/mol. The van der Waals surface area contributed by atoms with Crippen LogP contribution in [0.15, 0.2) is 48.5 Å². The van der Waals surface area contributed by atoms with E-state index < -0.39 is 23.8 Å². The van der Waals surface area contributed by atoms with Crippen molar-refractivity contribution in [2.45, 2.75) is 19.2 Å². The van der Waals surface area contributed by atoms with Crippen molar-refractivity contribution in [3.05, 3.63) is 65.5 Å². The highest BCUT2D eigenvalue weighted by Gasteiger charge is 2.31. The van der Waals surface area contributed by atoms with Crippen LogP contribution in [0.5, 0.6) is 0 Å². The summed E-state index contributed by atoms with van der Waals surface area (Å²) in [7, 11) is 0. The molecule has 3 aromatic rings. The molecule has 7 heteroatoms. The van der Waals surface area contributed by atoms with Crippen LogP contribution in [0.25, 0.3) is 11.0 Å². The number of rotatable bonds is 2. The van der Waals surface area contributed by atoms with Crippen LogP contribution in [-0.2, 0) is 6.18 Å². The summed E-state index contributed by atoms with van der Waals surface area (Å²) in [6.07, 6.45) is -5.59. The smallest absolute Gasteiger partial charge is 0.385 e. The molecule has 1 unspecified atom stereocenters. The maximum atomic E-state index is 12.9. The van der Waals surface area contributed by atoms with Gasteiger partial charge in [-0.15, -0.1) is 0 Å². The van der Waals surface area contributed by atoms with E-state index in [4.69, 9.17) is 0 Å². The fraction of sp³-hybridized carbons (Fsp3) is 0.176. The van der Waals surface area contributed by atoms with Crippen molar-refractivity contribution in [1.82, 2.24) is 9.55 Å². The van der Waals surface area contributed by atoms with Crippen LogP contribution in [0.3, 0.4) is 0 Å². The Morgan fingerprint density at radius 3 is 2.54 bits per heavy atom. The number of carbonyl (C=O) groups is 1. The lowest BCUT2D eigenvalue weighted by Crippen LogP contribution is -2.17. The van der Waals surface area contributed by atoms with Crippen molar-refractivity contribution in [3.63, 3.8) is 0 Å². The van der Waals surface area contributed by atoms with E-state index in [-0.39, 0.29) is 11.4 Å². The molecular formula is C17H13F3N2O2. The molecule has 0 aliphatic carbocycles. The number of fused-ring (bicyclic) bond motifs is 1. The highest BCUT2D eigenvalue weighted by Crippen LogP contribution is 2.30. The maximum Gasteiger partial charge on any atom is 0.416 e. The molecule has 124 valence electrons. The first-order valence-corrected chi connectivity index (χ1v) is 7.16. The number of alkyl halides is 3. The van der Waals surface area contributed by atoms with Crippen molar-refractivity contribution < 1.29 is 23.1 Å². The SMILES string of the molecule is CC(O)c1nc2ccccc2n1C(=O)c1cccc(C(F)(F)F)c1. The number of carbonyl (C=O) groups excluding carboxylic acids is 1. The number of aliphatic hydroxyl groups is 1. The van der Waals surface area contributed by atoms with E-state index in [1.807, 2.05) is 0 Å². The molecule has 0 saturated heterocycles. The number of hydrogen-bond donors (Lipinski definition) is 1. The Labute approximate surface area is 135 Å². The lowest BCUT2D eigenvalue weighted by Gasteiger charge is -2.11. The third-order valence-electron chi connectivity index (χ3n) is 3.60. The number of nitrogens with zero attached hydrogens (tertiary/aromatic N) is 2. The van der Waals surface area contributed by atoms with Gasteiger partial charge in [0.2, 0.25) is 0 Å². The van der Waals surface area contributed by atoms with Gasteiger partial charge in [0.15, 0.2) is 0 Å². The summed E-state index contributed by atoms with van der Waals surface area (Å²) in [5.74, 6) is -0.593. The molecule has 0 radical (unpaired) electrons. The molecule has 2 aromatic carbocycles. The van der Waals surface area contributed by atoms with E-state index in [1.165, 1.54) is 19.1 Å². The minimum absolute atomic E-state index is 0.0820.